The molecule has 1 amide bonds. The van der Waals surface area contributed by atoms with E-state index < -0.39 is 18.3 Å². The van der Waals surface area contributed by atoms with E-state index in [1.165, 1.54) is 0 Å². The van der Waals surface area contributed by atoms with Crippen molar-refractivity contribution in [3.8, 4) is 5.69 Å². The summed E-state index contributed by atoms with van der Waals surface area (Å²) < 4.78 is 6.84. The van der Waals surface area contributed by atoms with Gasteiger partial charge in [-0.3, -0.25) is 0 Å². The molecule has 0 spiro atoms. The number of carbonyl (C=O) groups is 1. The summed E-state index contributed by atoms with van der Waals surface area (Å²) in [6.45, 7) is 3.59. The van der Waals surface area contributed by atoms with Crippen LogP contribution in [0.3, 0.4) is 0 Å². The summed E-state index contributed by atoms with van der Waals surface area (Å²) in [6, 6.07) is 18.8. The molecule has 0 saturated heterocycles. The van der Waals surface area contributed by atoms with Gasteiger partial charge in [-0.15, -0.1) is 0 Å². The van der Waals surface area contributed by atoms with Gasteiger partial charge in [0.15, 0.2) is 0 Å². The molecular weight excluding hydrogens is 370 g/mol. The van der Waals surface area contributed by atoms with Crippen molar-refractivity contribution in [1.82, 2.24) is 15.1 Å². The van der Waals surface area contributed by atoms with Crippen LogP contribution >= 0.6 is 0 Å². The number of alkyl carbamates (subject to hydrolysis) is 1. The molecule has 2 unspecified atom stereocenters. The molecular formula is C22H25N3O4. The molecule has 3 N–H and O–H groups in total. The summed E-state index contributed by atoms with van der Waals surface area (Å²) in [4.78, 5) is 11.9. The van der Waals surface area contributed by atoms with Crippen LogP contribution in [-0.4, -0.2) is 38.7 Å². The van der Waals surface area contributed by atoms with E-state index in [0.29, 0.717) is 11.3 Å². The molecule has 29 heavy (non-hydrogen) atoms. The first-order chi connectivity index (χ1) is 14.0. The predicted octanol–water partition coefficient (Wildman–Crippen LogP) is 2.81. The SMILES string of the molecule is Cc1nn(-c2ccccc2)c(C)c1C(O)C(O)CNC(=O)OCc1ccccc1. The number of ether oxygens (including phenoxy) is 1. The Morgan fingerprint density at radius 3 is 2.34 bits per heavy atom. The molecule has 0 aliphatic carbocycles. The summed E-state index contributed by atoms with van der Waals surface area (Å²) in [5.41, 5.74) is 3.61. The first-order valence-electron chi connectivity index (χ1n) is 9.39. The second-order valence-corrected chi connectivity index (χ2v) is 6.79. The smallest absolute Gasteiger partial charge is 0.407 e. The standard InChI is InChI=1S/C22H25N3O4/c1-15-20(16(2)25(24-15)18-11-7-4-8-12-18)21(27)19(26)13-23-22(28)29-14-17-9-5-3-6-10-17/h3-12,19,21,26-27H,13-14H2,1-2H3,(H,23,28). The van der Waals surface area contributed by atoms with Gasteiger partial charge in [-0.1, -0.05) is 48.5 Å². The number of aryl methyl sites for hydroxylation is 1. The average Bonchev–Trinajstić information content (AvgIpc) is 3.05. The van der Waals surface area contributed by atoms with Crippen molar-refractivity contribution in [2.24, 2.45) is 0 Å². The molecule has 0 bridgehead atoms. The third-order valence-corrected chi connectivity index (χ3v) is 4.68. The number of benzene rings is 2. The largest absolute Gasteiger partial charge is 0.445 e. The maximum atomic E-state index is 11.9. The number of aromatic nitrogens is 2. The molecule has 1 aromatic heterocycles. The first-order valence-corrected chi connectivity index (χ1v) is 9.39. The highest BCUT2D eigenvalue weighted by atomic mass is 16.5. The van der Waals surface area contributed by atoms with Gasteiger partial charge in [-0.05, 0) is 31.5 Å². The van der Waals surface area contributed by atoms with E-state index in [0.717, 1.165) is 16.9 Å². The molecule has 7 nitrogen and oxygen atoms in total. The quantitative estimate of drug-likeness (QED) is 0.572. The Balaban J connectivity index is 1.59. The van der Waals surface area contributed by atoms with Crippen molar-refractivity contribution in [3.63, 3.8) is 0 Å². The van der Waals surface area contributed by atoms with E-state index in [1.807, 2.05) is 67.6 Å². The zero-order valence-electron chi connectivity index (χ0n) is 16.4. The maximum Gasteiger partial charge on any atom is 0.407 e. The molecule has 0 aliphatic heterocycles. The molecule has 152 valence electrons. The second kappa shape index (κ2) is 9.36. The molecule has 0 fully saturated rings. The van der Waals surface area contributed by atoms with Gasteiger partial charge in [-0.25, -0.2) is 9.48 Å². The maximum absolute atomic E-state index is 11.9. The lowest BCUT2D eigenvalue weighted by Gasteiger charge is -2.19. The van der Waals surface area contributed by atoms with Crippen molar-refractivity contribution >= 4 is 6.09 Å². The van der Waals surface area contributed by atoms with Gasteiger partial charge in [0, 0.05) is 17.8 Å². The Kier molecular flexibility index (Phi) is 6.64. The van der Waals surface area contributed by atoms with E-state index in [-0.39, 0.29) is 13.2 Å². The number of rotatable bonds is 7. The third kappa shape index (κ3) is 5.01. The van der Waals surface area contributed by atoms with Crippen LogP contribution in [0.25, 0.3) is 5.69 Å². The minimum Gasteiger partial charge on any atom is -0.445 e. The normalized spacial score (nSPS) is 13.0. The fraction of sp³-hybridized carbons (Fsp3) is 0.273. The van der Waals surface area contributed by atoms with Gasteiger partial charge in [0.05, 0.1) is 11.4 Å². The number of nitrogens with zero attached hydrogens (tertiary/aromatic N) is 2. The summed E-state index contributed by atoms with van der Waals surface area (Å²) in [5, 5.41) is 28.0. The Bertz CT molecular complexity index is 941. The van der Waals surface area contributed by atoms with Gasteiger partial charge >= 0.3 is 6.09 Å². The third-order valence-electron chi connectivity index (χ3n) is 4.68. The van der Waals surface area contributed by atoms with E-state index in [1.54, 1.807) is 11.6 Å². The van der Waals surface area contributed by atoms with Gasteiger partial charge in [0.1, 0.15) is 18.8 Å². The minimum atomic E-state index is -1.20. The van der Waals surface area contributed by atoms with Crippen molar-refractivity contribution in [1.29, 1.82) is 0 Å². The van der Waals surface area contributed by atoms with Gasteiger partial charge in [0.25, 0.3) is 0 Å². The second-order valence-electron chi connectivity index (χ2n) is 6.79. The van der Waals surface area contributed by atoms with Crippen LogP contribution in [0.15, 0.2) is 60.7 Å². The van der Waals surface area contributed by atoms with Crippen LogP contribution in [0.2, 0.25) is 0 Å². The molecule has 2 atom stereocenters. The van der Waals surface area contributed by atoms with Gasteiger partial charge < -0.3 is 20.3 Å². The van der Waals surface area contributed by atoms with Crippen LogP contribution in [0, 0.1) is 13.8 Å². The molecule has 7 heteroatoms. The predicted molar refractivity (Wildman–Crippen MR) is 109 cm³/mol. The highest BCUT2D eigenvalue weighted by Crippen LogP contribution is 2.26. The van der Waals surface area contributed by atoms with Gasteiger partial charge in [-0.2, -0.15) is 5.10 Å². The zero-order chi connectivity index (χ0) is 20.8. The van der Waals surface area contributed by atoms with Crippen molar-refractivity contribution < 1.29 is 19.7 Å². The Morgan fingerprint density at radius 2 is 1.69 bits per heavy atom. The highest BCUT2D eigenvalue weighted by molar-refractivity contribution is 5.67. The number of nitrogens with one attached hydrogen (secondary N) is 1. The van der Waals surface area contributed by atoms with E-state index in [4.69, 9.17) is 4.74 Å². The Morgan fingerprint density at radius 1 is 1.07 bits per heavy atom. The minimum absolute atomic E-state index is 0.132. The van der Waals surface area contributed by atoms with E-state index in [2.05, 4.69) is 10.4 Å². The lowest BCUT2D eigenvalue weighted by molar-refractivity contribution is 0.0177. The fourth-order valence-corrected chi connectivity index (χ4v) is 3.17. The van der Waals surface area contributed by atoms with E-state index in [9.17, 15) is 15.0 Å². The highest BCUT2D eigenvalue weighted by Gasteiger charge is 2.26. The topological polar surface area (TPSA) is 96.6 Å². The number of hydrogen-bond donors (Lipinski definition) is 3. The molecule has 0 saturated carbocycles. The number of aliphatic hydroxyl groups is 2. The number of amides is 1. The lowest BCUT2D eigenvalue weighted by Crippen LogP contribution is -2.36. The zero-order valence-corrected chi connectivity index (χ0v) is 16.4. The van der Waals surface area contributed by atoms with Gasteiger partial charge in [0.2, 0.25) is 0 Å². The Labute approximate surface area is 169 Å². The van der Waals surface area contributed by atoms with Crippen molar-refractivity contribution in [2.75, 3.05) is 6.54 Å². The number of hydrogen-bond acceptors (Lipinski definition) is 5. The van der Waals surface area contributed by atoms with Crippen LogP contribution in [0.4, 0.5) is 4.79 Å². The fourth-order valence-electron chi connectivity index (χ4n) is 3.17. The number of para-hydroxylation sites is 1. The molecule has 1 heterocycles. The number of carbonyl (C=O) groups excluding carboxylic acids is 1. The molecule has 2 aromatic carbocycles. The molecule has 0 aliphatic rings. The van der Waals surface area contributed by atoms with Crippen LogP contribution < -0.4 is 5.32 Å². The van der Waals surface area contributed by atoms with E-state index >= 15 is 0 Å². The van der Waals surface area contributed by atoms with Crippen LogP contribution in [-0.2, 0) is 11.3 Å². The number of aliphatic hydroxyl groups excluding tert-OH is 2. The summed E-state index contributed by atoms with van der Waals surface area (Å²) in [6.07, 6.45) is -3.06. The monoisotopic (exact) mass is 395 g/mol. The van der Waals surface area contributed by atoms with Crippen LogP contribution in [0.5, 0.6) is 0 Å². The lowest BCUT2D eigenvalue weighted by atomic mass is 10.0. The van der Waals surface area contributed by atoms with Crippen molar-refractivity contribution in [3.05, 3.63) is 83.2 Å². The Hall–Kier alpha value is -3.16. The molecule has 3 rings (SSSR count). The summed E-state index contributed by atoms with van der Waals surface area (Å²) in [5.74, 6) is 0. The average molecular weight is 395 g/mol. The van der Waals surface area contributed by atoms with Crippen LogP contribution in [0.1, 0.15) is 28.6 Å². The molecule has 3 aromatic rings. The molecule has 0 radical (unpaired) electrons. The summed E-state index contributed by atoms with van der Waals surface area (Å²) >= 11 is 0. The first kappa shape index (κ1) is 20.6. The summed E-state index contributed by atoms with van der Waals surface area (Å²) in [7, 11) is 0. The van der Waals surface area contributed by atoms with Crippen molar-refractivity contribution in [2.45, 2.75) is 32.7 Å².